The first-order valence-electron chi connectivity index (χ1n) is 8.36. The molecule has 1 fully saturated rings. The minimum absolute atomic E-state index is 0.374. The molecule has 1 aromatic carbocycles. The molecule has 0 spiro atoms. The van der Waals surface area contributed by atoms with E-state index in [9.17, 15) is 18.2 Å². The van der Waals surface area contributed by atoms with Crippen LogP contribution >= 0.6 is 0 Å². The molecule has 0 radical (unpaired) electrons. The van der Waals surface area contributed by atoms with Crippen LogP contribution in [-0.2, 0) is 6.18 Å². The number of rotatable bonds is 2. The first-order valence-corrected chi connectivity index (χ1v) is 8.36. The summed E-state index contributed by atoms with van der Waals surface area (Å²) >= 11 is 0. The molecule has 0 atom stereocenters. The molecule has 1 aliphatic rings. The highest BCUT2D eigenvalue weighted by atomic mass is 19.4. The van der Waals surface area contributed by atoms with Gasteiger partial charge in [-0.3, -0.25) is 4.40 Å². The number of anilines is 1. The summed E-state index contributed by atoms with van der Waals surface area (Å²) in [5.41, 5.74) is 0.678. The van der Waals surface area contributed by atoms with E-state index in [-0.39, 0.29) is 0 Å². The summed E-state index contributed by atoms with van der Waals surface area (Å²) in [6, 6.07) is 3.55. The van der Waals surface area contributed by atoms with Gasteiger partial charge in [-0.25, -0.2) is 9.97 Å². The van der Waals surface area contributed by atoms with E-state index >= 15 is 0 Å². The fourth-order valence-corrected chi connectivity index (χ4v) is 3.33. The van der Waals surface area contributed by atoms with Gasteiger partial charge in [0.25, 0.3) is 0 Å². The van der Waals surface area contributed by atoms with Crippen molar-refractivity contribution in [2.75, 3.05) is 31.1 Å². The molecule has 0 bridgehead atoms. The van der Waals surface area contributed by atoms with E-state index < -0.39 is 18.8 Å². The summed E-state index contributed by atoms with van der Waals surface area (Å²) in [4.78, 5) is 12.9. The summed E-state index contributed by atoms with van der Waals surface area (Å²) in [5.74, 6) is 0.646. The quantitative estimate of drug-likeness (QED) is 0.707. The summed E-state index contributed by atoms with van der Waals surface area (Å²) in [5, 5.41) is 9.69. The summed E-state index contributed by atoms with van der Waals surface area (Å²) in [6.07, 6.45) is -1.20. The monoisotopic (exact) mass is 363 g/mol. The van der Waals surface area contributed by atoms with Crippen molar-refractivity contribution in [1.29, 1.82) is 0 Å². The zero-order valence-corrected chi connectivity index (χ0v) is 14.1. The van der Waals surface area contributed by atoms with Gasteiger partial charge >= 0.3 is 13.2 Å². The third kappa shape index (κ3) is 2.88. The highest BCUT2D eigenvalue weighted by Crippen LogP contribution is 2.32. The fraction of sp³-hybridized carbons (Fsp3) is 0.375. The molecular formula is C16H17BF3N5O. The molecule has 1 saturated heterocycles. The van der Waals surface area contributed by atoms with Crippen molar-refractivity contribution in [3.63, 3.8) is 0 Å². The van der Waals surface area contributed by atoms with Gasteiger partial charge in [-0.05, 0) is 25.0 Å². The van der Waals surface area contributed by atoms with Gasteiger partial charge < -0.3 is 14.7 Å². The summed E-state index contributed by atoms with van der Waals surface area (Å²) in [7, 11) is -0.506. The Morgan fingerprint density at radius 1 is 1.15 bits per heavy atom. The predicted molar refractivity (Wildman–Crippen MR) is 93.1 cm³/mol. The Hall–Kier alpha value is -2.33. The Labute approximate surface area is 148 Å². The van der Waals surface area contributed by atoms with E-state index in [4.69, 9.17) is 0 Å². The van der Waals surface area contributed by atoms with Crippen LogP contribution in [0.1, 0.15) is 5.56 Å². The van der Waals surface area contributed by atoms with Crippen molar-refractivity contribution in [3.8, 4) is 0 Å². The van der Waals surface area contributed by atoms with Gasteiger partial charge in [-0.15, -0.1) is 0 Å². The minimum Gasteiger partial charge on any atom is -0.437 e. The summed E-state index contributed by atoms with van der Waals surface area (Å²) < 4.78 is 40.8. The molecule has 10 heteroatoms. The van der Waals surface area contributed by atoms with Crippen molar-refractivity contribution < 1.29 is 18.2 Å². The highest BCUT2D eigenvalue weighted by molar-refractivity contribution is 6.45. The van der Waals surface area contributed by atoms with E-state index in [1.54, 1.807) is 23.6 Å². The zero-order valence-electron chi connectivity index (χ0n) is 14.1. The second-order valence-corrected chi connectivity index (χ2v) is 6.41. The molecule has 136 valence electrons. The largest absolute Gasteiger partial charge is 0.437 e. The lowest BCUT2D eigenvalue weighted by atomic mass is 9.84. The van der Waals surface area contributed by atoms with E-state index in [0.717, 1.165) is 12.1 Å². The van der Waals surface area contributed by atoms with E-state index in [2.05, 4.69) is 14.9 Å². The van der Waals surface area contributed by atoms with E-state index in [1.807, 2.05) is 4.81 Å². The van der Waals surface area contributed by atoms with Crippen LogP contribution in [0.5, 0.6) is 0 Å². The van der Waals surface area contributed by atoms with Crippen molar-refractivity contribution in [3.05, 3.63) is 36.2 Å². The minimum atomic E-state index is -4.41. The summed E-state index contributed by atoms with van der Waals surface area (Å²) in [6.45, 7) is 4.41. The van der Waals surface area contributed by atoms with Crippen LogP contribution in [0.4, 0.5) is 19.0 Å². The number of hydrogen-bond donors (Lipinski definition) is 1. The molecule has 6 nitrogen and oxygen atoms in total. The predicted octanol–water partition coefficient (Wildman–Crippen LogP) is 2.13. The maximum Gasteiger partial charge on any atom is 0.416 e. The number of fused-ring (bicyclic) bond motifs is 3. The standard InChI is InChI=1S/C16H17BF3N5O/c1-17(26)24-8-6-23(7-9-24)15-14-21-4-5-25(14)13-10-11(16(18,19)20)2-3-12(13)22-15/h2-5,10,26H,6-9H2,1H3. The molecule has 3 heterocycles. The SMILES string of the molecule is CB(O)N1CCN(c2nc3ccc(C(F)(F)F)cc3n3ccnc23)CC1. The molecule has 1 aliphatic heterocycles. The lowest BCUT2D eigenvalue weighted by Gasteiger charge is -2.36. The van der Waals surface area contributed by atoms with Gasteiger partial charge in [-0.2, -0.15) is 13.2 Å². The maximum atomic E-state index is 13.0. The Kier molecular flexibility index (Phi) is 4.04. The van der Waals surface area contributed by atoms with Crippen molar-refractivity contribution in [1.82, 2.24) is 19.2 Å². The normalized spacial score (nSPS) is 16.6. The number of imidazole rings is 1. The van der Waals surface area contributed by atoms with Gasteiger partial charge in [0.1, 0.15) is 0 Å². The fourth-order valence-electron chi connectivity index (χ4n) is 3.33. The molecule has 0 amide bonds. The molecule has 0 saturated carbocycles. The lowest BCUT2D eigenvalue weighted by Crippen LogP contribution is -2.51. The molecule has 0 unspecified atom stereocenters. The van der Waals surface area contributed by atoms with Crippen molar-refractivity contribution in [2.45, 2.75) is 13.0 Å². The third-order valence-electron chi connectivity index (χ3n) is 4.77. The average molecular weight is 363 g/mol. The van der Waals surface area contributed by atoms with Crippen LogP contribution in [0.25, 0.3) is 16.7 Å². The first-order chi connectivity index (χ1) is 12.3. The molecule has 4 rings (SSSR count). The molecule has 26 heavy (non-hydrogen) atoms. The smallest absolute Gasteiger partial charge is 0.416 e. The molecular weight excluding hydrogens is 346 g/mol. The van der Waals surface area contributed by atoms with Crippen LogP contribution in [0.2, 0.25) is 6.82 Å². The van der Waals surface area contributed by atoms with Gasteiger partial charge in [0.2, 0.25) is 0 Å². The second-order valence-electron chi connectivity index (χ2n) is 6.41. The molecule has 2 aromatic heterocycles. The Balaban J connectivity index is 1.78. The number of aromatic nitrogens is 3. The van der Waals surface area contributed by atoms with Gasteiger partial charge in [0.05, 0.1) is 16.6 Å². The number of piperazine rings is 1. The van der Waals surface area contributed by atoms with Gasteiger partial charge in [-0.1, -0.05) is 0 Å². The number of benzene rings is 1. The van der Waals surface area contributed by atoms with Gasteiger partial charge in [0.15, 0.2) is 11.5 Å². The van der Waals surface area contributed by atoms with Crippen LogP contribution < -0.4 is 4.90 Å². The number of nitrogens with zero attached hydrogens (tertiary/aromatic N) is 5. The average Bonchev–Trinajstić information content (AvgIpc) is 3.10. The van der Waals surface area contributed by atoms with Gasteiger partial charge in [0, 0.05) is 38.6 Å². The topological polar surface area (TPSA) is 56.9 Å². The molecule has 3 aromatic rings. The number of hydrogen-bond acceptors (Lipinski definition) is 5. The Morgan fingerprint density at radius 2 is 1.88 bits per heavy atom. The van der Waals surface area contributed by atoms with Crippen LogP contribution in [-0.4, -0.2) is 57.4 Å². The van der Waals surface area contributed by atoms with E-state index in [1.165, 1.54) is 6.07 Å². The highest BCUT2D eigenvalue weighted by Gasteiger charge is 2.31. The molecule has 1 N–H and O–H groups in total. The van der Waals surface area contributed by atoms with Crippen LogP contribution in [0.3, 0.4) is 0 Å². The molecule has 0 aliphatic carbocycles. The van der Waals surface area contributed by atoms with Crippen LogP contribution in [0, 0.1) is 0 Å². The Morgan fingerprint density at radius 3 is 2.54 bits per heavy atom. The Bertz CT molecular complexity index is 950. The van der Waals surface area contributed by atoms with E-state index in [0.29, 0.717) is 48.7 Å². The van der Waals surface area contributed by atoms with Crippen molar-refractivity contribution in [2.24, 2.45) is 0 Å². The van der Waals surface area contributed by atoms with Crippen molar-refractivity contribution >= 4 is 29.5 Å². The number of halogens is 3. The van der Waals surface area contributed by atoms with Crippen LogP contribution in [0.15, 0.2) is 30.6 Å². The second kappa shape index (κ2) is 6.13. The third-order valence-corrected chi connectivity index (χ3v) is 4.77. The maximum absolute atomic E-state index is 13.0. The number of alkyl halides is 3. The lowest BCUT2D eigenvalue weighted by molar-refractivity contribution is -0.137. The first kappa shape index (κ1) is 17.1. The zero-order chi connectivity index (χ0) is 18.5.